The van der Waals surface area contributed by atoms with E-state index in [4.69, 9.17) is 9.47 Å². The smallest absolute Gasteiger partial charge is 0.410 e. The largest absolute Gasteiger partial charge is 0.496 e. The first-order chi connectivity index (χ1) is 11.2. The predicted molar refractivity (Wildman–Crippen MR) is 92.6 cm³/mol. The average Bonchev–Trinajstić information content (AvgIpc) is 2.52. The number of ether oxygens (including phenoxy) is 2. The lowest BCUT2D eigenvalue weighted by Gasteiger charge is -2.33. The fraction of sp³-hybridized carbons (Fsp3) is 0.579. The van der Waals surface area contributed by atoms with E-state index in [0.29, 0.717) is 37.2 Å². The van der Waals surface area contributed by atoms with E-state index >= 15 is 0 Å². The highest BCUT2D eigenvalue weighted by Crippen LogP contribution is 2.29. The molecule has 1 aliphatic rings. The van der Waals surface area contributed by atoms with Crippen LogP contribution in [0.5, 0.6) is 5.75 Å². The number of hydrogen-bond acceptors (Lipinski definition) is 4. The molecule has 0 aliphatic carbocycles. The summed E-state index contributed by atoms with van der Waals surface area (Å²) in [5.41, 5.74) is 1.08. The minimum Gasteiger partial charge on any atom is -0.496 e. The summed E-state index contributed by atoms with van der Waals surface area (Å²) in [7, 11) is 1.59. The zero-order chi connectivity index (χ0) is 17.9. The molecule has 2 rings (SSSR count). The number of carbonyl (C=O) groups is 2. The third-order valence-electron chi connectivity index (χ3n) is 4.20. The molecule has 1 heterocycles. The number of nitrogens with zero attached hydrogens (tertiary/aromatic N) is 1. The molecule has 1 amide bonds. The van der Waals surface area contributed by atoms with E-state index in [1.54, 1.807) is 12.0 Å². The van der Waals surface area contributed by atoms with Crippen molar-refractivity contribution in [2.45, 2.75) is 46.1 Å². The summed E-state index contributed by atoms with van der Waals surface area (Å²) in [5.74, 6) is 0.663. The van der Waals surface area contributed by atoms with Crippen molar-refractivity contribution in [1.82, 2.24) is 4.90 Å². The maximum absolute atomic E-state index is 12.8. The summed E-state index contributed by atoms with van der Waals surface area (Å²) in [6.45, 7) is 8.57. The van der Waals surface area contributed by atoms with Gasteiger partial charge < -0.3 is 14.4 Å². The van der Waals surface area contributed by atoms with Crippen LogP contribution in [0.15, 0.2) is 18.2 Å². The number of ketones is 1. The maximum atomic E-state index is 12.8. The second-order valence-electron chi connectivity index (χ2n) is 7.26. The van der Waals surface area contributed by atoms with E-state index in [0.717, 1.165) is 5.56 Å². The van der Waals surface area contributed by atoms with Crippen molar-refractivity contribution in [3.05, 3.63) is 29.3 Å². The molecule has 1 aliphatic heterocycles. The predicted octanol–water partition coefficient (Wildman–Crippen LogP) is 3.83. The van der Waals surface area contributed by atoms with Crippen molar-refractivity contribution >= 4 is 11.9 Å². The Morgan fingerprint density at radius 1 is 1.17 bits per heavy atom. The summed E-state index contributed by atoms with van der Waals surface area (Å²) in [5, 5.41) is 0. The number of amides is 1. The van der Waals surface area contributed by atoms with E-state index in [1.807, 2.05) is 45.9 Å². The molecule has 0 spiro atoms. The lowest BCUT2D eigenvalue weighted by Crippen LogP contribution is -2.43. The van der Waals surface area contributed by atoms with Crippen LogP contribution in [0.2, 0.25) is 0 Å². The molecule has 0 unspecified atom stereocenters. The van der Waals surface area contributed by atoms with Crippen LogP contribution in [0.4, 0.5) is 4.79 Å². The number of Topliss-reactive ketones (excluding diaryl/α,β-unsaturated/α-hetero) is 1. The van der Waals surface area contributed by atoms with Crippen molar-refractivity contribution < 1.29 is 19.1 Å². The standard InChI is InChI=1S/C19H27NO4/c1-13-7-6-8-15(17(13)23-5)16(21)14-9-11-20(12-10-14)18(22)24-19(2,3)4/h6-8,14H,9-12H2,1-5H3. The molecular weight excluding hydrogens is 306 g/mol. The van der Waals surface area contributed by atoms with Crippen LogP contribution < -0.4 is 4.74 Å². The number of hydrogen-bond donors (Lipinski definition) is 0. The minimum absolute atomic E-state index is 0.0839. The first kappa shape index (κ1) is 18.3. The zero-order valence-electron chi connectivity index (χ0n) is 15.2. The Labute approximate surface area is 143 Å². The molecule has 132 valence electrons. The molecule has 0 bridgehead atoms. The highest BCUT2D eigenvalue weighted by molar-refractivity contribution is 6.00. The molecule has 0 aromatic heterocycles. The summed E-state index contributed by atoms with van der Waals surface area (Å²) in [6, 6.07) is 5.62. The third-order valence-corrected chi connectivity index (χ3v) is 4.20. The molecule has 5 heteroatoms. The molecule has 0 atom stereocenters. The van der Waals surface area contributed by atoms with Gasteiger partial charge in [0.05, 0.1) is 12.7 Å². The number of likely N-dealkylation sites (tertiary alicyclic amines) is 1. The third kappa shape index (κ3) is 4.28. The number of aryl methyl sites for hydroxylation is 1. The number of benzene rings is 1. The normalized spacial score (nSPS) is 16.0. The van der Waals surface area contributed by atoms with Gasteiger partial charge in [-0.3, -0.25) is 4.79 Å². The van der Waals surface area contributed by atoms with Crippen LogP contribution in [0.3, 0.4) is 0 Å². The fourth-order valence-corrected chi connectivity index (χ4v) is 2.99. The molecule has 0 N–H and O–H groups in total. The van der Waals surface area contributed by atoms with Crippen molar-refractivity contribution in [2.24, 2.45) is 5.92 Å². The molecule has 1 aromatic rings. The molecule has 1 aromatic carbocycles. The van der Waals surface area contributed by atoms with Gasteiger partial charge in [0.25, 0.3) is 0 Å². The van der Waals surface area contributed by atoms with Gasteiger partial charge in [-0.15, -0.1) is 0 Å². The quantitative estimate of drug-likeness (QED) is 0.789. The SMILES string of the molecule is COc1c(C)cccc1C(=O)C1CCN(C(=O)OC(C)(C)C)CC1. The Morgan fingerprint density at radius 2 is 1.79 bits per heavy atom. The molecule has 5 nitrogen and oxygen atoms in total. The maximum Gasteiger partial charge on any atom is 0.410 e. The summed E-state index contributed by atoms with van der Waals surface area (Å²) < 4.78 is 10.8. The Hall–Kier alpha value is -2.04. The van der Waals surface area contributed by atoms with Crippen molar-refractivity contribution in [3.8, 4) is 5.75 Å². The van der Waals surface area contributed by atoms with Crippen LogP contribution in [-0.4, -0.2) is 42.6 Å². The number of piperidine rings is 1. The molecular formula is C19H27NO4. The van der Waals surface area contributed by atoms with Gasteiger partial charge in [-0.1, -0.05) is 12.1 Å². The van der Waals surface area contributed by atoms with Gasteiger partial charge in [-0.25, -0.2) is 4.79 Å². The Morgan fingerprint density at radius 3 is 2.33 bits per heavy atom. The second kappa shape index (κ2) is 7.24. The van der Waals surface area contributed by atoms with Crippen LogP contribution in [0.25, 0.3) is 0 Å². The molecule has 1 fully saturated rings. The van der Waals surface area contributed by atoms with E-state index in [2.05, 4.69) is 0 Å². The Bertz CT molecular complexity index is 610. The first-order valence-electron chi connectivity index (χ1n) is 8.38. The monoisotopic (exact) mass is 333 g/mol. The minimum atomic E-state index is -0.501. The van der Waals surface area contributed by atoms with Gasteiger partial charge in [0.2, 0.25) is 0 Å². The van der Waals surface area contributed by atoms with Gasteiger partial charge in [0.15, 0.2) is 5.78 Å². The fourth-order valence-electron chi connectivity index (χ4n) is 2.99. The Balaban J connectivity index is 2.01. The van der Waals surface area contributed by atoms with E-state index in [1.165, 1.54) is 0 Å². The first-order valence-corrected chi connectivity index (χ1v) is 8.38. The van der Waals surface area contributed by atoms with Crippen LogP contribution >= 0.6 is 0 Å². The number of para-hydroxylation sites is 1. The molecule has 0 radical (unpaired) electrons. The second-order valence-corrected chi connectivity index (χ2v) is 7.26. The highest BCUT2D eigenvalue weighted by atomic mass is 16.6. The van der Waals surface area contributed by atoms with Crippen LogP contribution in [-0.2, 0) is 4.74 Å². The van der Waals surface area contributed by atoms with Crippen LogP contribution in [0, 0.1) is 12.8 Å². The zero-order valence-corrected chi connectivity index (χ0v) is 15.2. The van der Waals surface area contributed by atoms with Gasteiger partial charge in [0, 0.05) is 19.0 Å². The lowest BCUT2D eigenvalue weighted by molar-refractivity contribution is 0.0182. The molecule has 0 saturated carbocycles. The lowest BCUT2D eigenvalue weighted by atomic mass is 9.88. The average molecular weight is 333 g/mol. The van der Waals surface area contributed by atoms with E-state index < -0.39 is 5.60 Å². The summed E-state index contributed by atoms with van der Waals surface area (Å²) >= 11 is 0. The summed E-state index contributed by atoms with van der Waals surface area (Å²) in [4.78, 5) is 26.6. The Kier molecular flexibility index (Phi) is 5.52. The van der Waals surface area contributed by atoms with Gasteiger partial charge in [-0.2, -0.15) is 0 Å². The van der Waals surface area contributed by atoms with Crippen LogP contribution in [0.1, 0.15) is 49.5 Å². The van der Waals surface area contributed by atoms with Crippen molar-refractivity contribution in [1.29, 1.82) is 0 Å². The van der Waals surface area contributed by atoms with Crippen molar-refractivity contribution in [2.75, 3.05) is 20.2 Å². The molecule has 24 heavy (non-hydrogen) atoms. The number of methoxy groups -OCH3 is 1. The topological polar surface area (TPSA) is 55.8 Å². The summed E-state index contributed by atoms with van der Waals surface area (Å²) in [6.07, 6.45) is 0.992. The highest BCUT2D eigenvalue weighted by Gasteiger charge is 2.31. The van der Waals surface area contributed by atoms with Gasteiger partial charge in [0.1, 0.15) is 11.4 Å². The number of carbonyl (C=O) groups excluding carboxylic acids is 2. The number of rotatable bonds is 3. The van der Waals surface area contributed by atoms with E-state index in [9.17, 15) is 9.59 Å². The molecule has 1 saturated heterocycles. The van der Waals surface area contributed by atoms with Gasteiger partial charge in [-0.05, 0) is 52.2 Å². The van der Waals surface area contributed by atoms with Gasteiger partial charge >= 0.3 is 6.09 Å². The van der Waals surface area contributed by atoms with Crippen molar-refractivity contribution in [3.63, 3.8) is 0 Å². The van der Waals surface area contributed by atoms with E-state index in [-0.39, 0.29) is 17.8 Å².